The lowest BCUT2D eigenvalue weighted by Gasteiger charge is -2.33. The third-order valence-corrected chi connectivity index (χ3v) is 5.02. The summed E-state index contributed by atoms with van der Waals surface area (Å²) in [6, 6.07) is 3.60. The topological polar surface area (TPSA) is 64.6 Å². The van der Waals surface area contributed by atoms with Gasteiger partial charge in [0.15, 0.2) is 5.79 Å². The Bertz CT molecular complexity index is 597. The van der Waals surface area contributed by atoms with Gasteiger partial charge in [-0.15, -0.1) is 0 Å². The zero-order valence-electron chi connectivity index (χ0n) is 12.2. The Morgan fingerprint density at radius 1 is 1.33 bits per heavy atom. The van der Waals surface area contributed by atoms with Crippen molar-refractivity contribution in [3.8, 4) is 0 Å². The van der Waals surface area contributed by atoms with E-state index in [-0.39, 0.29) is 11.4 Å². The maximum absolute atomic E-state index is 13.0. The summed E-state index contributed by atoms with van der Waals surface area (Å²) in [7, 11) is -3.66. The summed E-state index contributed by atoms with van der Waals surface area (Å²) >= 11 is 0. The second-order valence-corrected chi connectivity index (χ2v) is 6.98. The molecular weight excluding hydrogens is 297 g/mol. The maximum Gasteiger partial charge on any atom is 0.240 e. The summed E-state index contributed by atoms with van der Waals surface area (Å²) in [5.41, 5.74) is 0.374. The molecule has 5 nitrogen and oxygen atoms in total. The fourth-order valence-electron chi connectivity index (χ4n) is 2.23. The molecule has 0 radical (unpaired) electrons. The molecule has 2 rings (SSSR count). The quantitative estimate of drug-likeness (QED) is 0.901. The van der Waals surface area contributed by atoms with Crippen LogP contribution in [-0.4, -0.2) is 34.0 Å². The Morgan fingerprint density at radius 2 is 2.00 bits per heavy atom. The number of aryl methyl sites for hydroxylation is 1. The molecule has 1 aliphatic heterocycles. The number of halogens is 1. The zero-order chi connectivity index (χ0) is 15.5. The van der Waals surface area contributed by atoms with Crippen molar-refractivity contribution >= 4 is 10.0 Å². The van der Waals surface area contributed by atoms with Crippen LogP contribution in [0.4, 0.5) is 4.39 Å². The van der Waals surface area contributed by atoms with Crippen LogP contribution in [0.3, 0.4) is 0 Å². The molecule has 1 heterocycles. The molecule has 0 aromatic heterocycles. The fourth-order valence-corrected chi connectivity index (χ4v) is 3.48. The summed E-state index contributed by atoms with van der Waals surface area (Å²) in [5, 5.41) is 0. The van der Waals surface area contributed by atoms with Crippen LogP contribution in [-0.2, 0) is 19.5 Å². The summed E-state index contributed by atoms with van der Waals surface area (Å²) in [6.45, 7) is 4.77. The smallest absolute Gasteiger partial charge is 0.240 e. The van der Waals surface area contributed by atoms with Crippen LogP contribution in [0.1, 0.15) is 25.3 Å². The highest BCUT2D eigenvalue weighted by molar-refractivity contribution is 7.89. The van der Waals surface area contributed by atoms with Crippen LogP contribution in [0, 0.1) is 12.7 Å². The highest BCUT2D eigenvalue weighted by Crippen LogP contribution is 2.22. The number of nitrogens with one attached hydrogen (secondary N) is 1. The van der Waals surface area contributed by atoms with E-state index in [0.29, 0.717) is 25.2 Å². The predicted molar refractivity (Wildman–Crippen MR) is 75.9 cm³/mol. The number of rotatable bonds is 5. The van der Waals surface area contributed by atoms with Crippen molar-refractivity contribution in [1.29, 1.82) is 0 Å². The van der Waals surface area contributed by atoms with Gasteiger partial charge in [-0.25, -0.2) is 17.5 Å². The minimum absolute atomic E-state index is 0.0829. The van der Waals surface area contributed by atoms with Gasteiger partial charge in [-0.05, 0) is 44.0 Å². The van der Waals surface area contributed by atoms with E-state index in [1.54, 1.807) is 13.8 Å². The summed E-state index contributed by atoms with van der Waals surface area (Å²) in [4.78, 5) is 0.0829. The molecule has 0 unspecified atom stereocenters. The van der Waals surface area contributed by atoms with Gasteiger partial charge in [-0.1, -0.05) is 0 Å². The Hall–Kier alpha value is -1.02. The van der Waals surface area contributed by atoms with E-state index >= 15 is 0 Å². The van der Waals surface area contributed by atoms with Crippen LogP contribution in [0.5, 0.6) is 0 Å². The van der Waals surface area contributed by atoms with E-state index in [9.17, 15) is 12.8 Å². The first-order chi connectivity index (χ1) is 9.82. The van der Waals surface area contributed by atoms with Crippen LogP contribution < -0.4 is 4.72 Å². The average molecular weight is 317 g/mol. The predicted octanol–water partition coefficient (Wildman–Crippen LogP) is 1.96. The lowest BCUT2D eigenvalue weighted by molar-refractivity contribution is -0.257. The molecule has 0 saturated carbocycles. The Labute approximate surface area is 124 Å². The molecule has 1 aromatic carbocycles. The normalized spacial score (nSPS) is 18.6. The molecule has 0 bridgehead atoms. The Balaban J connectivity index is 1.98. The third kappa shape index (κ3) is 4.23. The lowest BCUT2D eigenvalue weighted by atomic mass is 10.2. The second kappa shape index (κ2) is 6.39. The van der Waals surface area contributed by atoms with Gasteiger partial charge in [0.1, 0.15) is 5.82 Å². The van der Waals surface area contributed by atoms with Gasteiger partial charge in [0.2, 0.25) is 10.0 Å². The van der Waals surface area contributed by atoms with Crippen molar-refractivity contribution in [2.75, 3.05) is 19.8 Å². The molecule has 1 aliphatic rings. The van der Waals surface area contributed by atoms with E-state index < -0.39 is 21.6 Å². The lowest BCUT2D eigenvalue weighted by Crippen LogP contribution is -2.41. The molecule has 1 N–H and O–H groups in total. The van der Waals surface area contributed by atoms with Crippen molar-refractivity contribution in [2.24, 2.45) is 0 Å². The molecule has 7 heteroatoms. The van der Waals surface area contributed by atoms with E-state index in [2.05, 4.69) is 4.72 Å². The molecule has 1 aromatic rings. The second-order valence-electron chi connectivity index (χ2n) is 5.24. The SMILES string of the molecule is Cc1cc(F)ccc1S(=O)(=O)NCCC1(C)OCCCO1. The Morgan fingerprint density at radius 3 is 2.62 bits per heavy atom. The van der Waals surface area contributed by atoms with Crippen LogP contribution >= 0.6 is 0 Å². The van der Waals surface area contributed by atoms with E-state index in [4.69, 9.17) is 9.47 Å². The summed E-state index contributed by atoms with van der Waals surface area (Å²) in [5.74, 6) is -1.21. The van der Waals surface area contributed by atoms with Crippen molar-refractivity contribution in [3.63, 3.8) is 0 Å². The average Bonchev–Trinajstić information content (AvgIpc) is 2.38. The molecule has 0 atom stereocenters. The number of benzene rings is 1. The van der Waals surface area contributed by atoms with Gasteiger partial charge in [0.05, 0.1) is 18.1 Å². The van der Waals surface area contributed by atoms with Gasteiger partial charge in [-0.3, -0.25) is 0 Å². The van der Waals surface area contributed by atoms with Gasteiger partial charge >= 0.3 is 0 Å². The van der Waals surface area contributed by atoms with Gasteiger partial charge in [0.25, 0.3) is 0 Å². The van der Waals surface area contributed by atoms with Crippen LogP contribution in [0.2, 0.25) is 0 Å². The van der Waals surface area contributed by atoms with Gasteiger partial charge in [0, 0.05) is 13.0 Å². The molecule has 1 fully saturated rings. The van der Waals surface area contributed by atoms with Crippen LogP contribution in [0.25, 0.3) is 0 Å². The summed E-state index contributed by atoms with van der Waals surface area (Å²) < 4.78 is 51.0. The number of hydrogen-bond donors (Lipinski definition) is 1. The molecule has 1 saturated heterocycles. The minimum Gasteiger partial charge on any atom is -0.350 e. The highest BCUT2D eigenvalue weighted by atomic mass is 32.2. The van der Waals surface area contributed by atoms with Crippen molar-refractivity contribution < 1.29 is 22.3 Å². The van der Waals surface area contributed by atoms with Crippen molar-refractivity contribution in [1.82, 2.24) is 4.72 Å². The first kappa shape index (κ1) is 16.4. The van der Waals surface area contributed by atoms with Gasteiger partial charge < -0.3 is 9.47 Å². The molecule has 118 valence electrons. The standard InChI is InChI=1S/C14H20FNO4S/c1-11-10-12(15)4-5-13(11)21(17,18)16-7-6-14(2)19-8-3-9-20-14/h4-5,10,16H,3,6-9H2,1-2H3. The van der Waals surface area contributed by atoms with Crippen LogP contribution in [0.15, 0.2) is 23.1 Å². The van der Waals surface area contributed by atoms with Gasteiger partial charge in [-0.2, -0.15) is 0 Å². The third-order valence-electron chi connectivity index (χ3n) is 3.40. The zero-order valence-corrected chi connectivity index (χ0v) is 13.0. The van der Waals surface area contributed by atoms with E-state index in [1.165, 1.54) is 12.1 Å². The van der Waals surface area contributed by atoms with Crippen molar-refractivity contribution in [2.45, 2.75) is 37.4 Å². The number of ether oxygens (including phenoxy) is 2. The monoisotopic (exact) mass is 317 g/mol. The Kier molecular flexibility index (Phi) is 4.98. The molecular formula is C14H20FNO4S. The molecule has 0 aliphatic carbocycles. The summed E-state index contributed by atoms with van der Waals surface area (Å²) in [6.07, 6.45) is 1.25. The first-order valence-electron chi connectivity index (χ1n) is 6.86. The van der Waals surface area contributed by atoms with E-state index in [0.717, 1.165) is 12.5 Å². The maximum atomic E-state index is 13.0. The largest absolute Gasteiger partial charge is 0.350 e. The number of sulfonamides is 1. The molecule has 21 heavy (non-hydrogen) atoms. The minimum atomic E-state index is -3.66. The molecule has 0 spiro atoms. The number of hydrogen-bond acceptors (Lipinski definition) is 4. The molecule has 0 amide bonds. The van der Waals surface area contributed by atoms with E-state index in [1.807, 2.05) is 0 Å². The highest BCUT2D eigenvalue weighted by Gasteiger charge is 2.29. The van der Waals surface area contributed by atoms with Crippen molar-refractivity contribution in [3.05, 3.63) is 29.6 Å². The first-order valence-corrected chi connectivity index (χ1v) is 8.34. The fraction of sp³-hybridized carbons (Fsp3) is 0.571.